The summed E-state index contributed by atoms with van der Waals surface area (Å²) < 4.78 is 4.55. The van der Waals surface area contributed by atoms with E-state index in [4.69, 9.17) is 0 Å². The van der Waals surface area contributed by atoms with Crippen molar-refractivity contribution in [2.45, 2.75) is 25.4 Å². The molecule has 1 heterocycles. The molecule has 0 radical (unpaired) electrons. The maximum atomic E-state index is 12.1. The Morgan fingerprint density at radius 2 is 2.17 bits per heavy atom. The fourth-order valence-corrected chi connectivity index (χ4v) is 2.58. The Morgan fingerprint density at radius 3 is 2.74 bits per heavy atom. The van der Waals surface area contributed by atoms with Crippen LogP contribution >= 0.6 is 11.8 Å². The van der Waals surface area contributed by atoms with Crippen LogP contribution in [0.5, 0.6) is 0 Å². The molecule has 1 amide bonds. The predicted molar refractivity (Wildman–Crippen MR) is 88.4 cm³/mol. The van der Waals surface area contributed by atoms with Gasteiger partial charge in [-0.05, 0) is 13.8 Å². The number of aromatic amines is 1. The van der Waals surface area contributed by atoms with Crippen molar-refractivity contribution < 1.29 is 14.3 Å². The van der Waals surface area contributed by atoms with Crippen LogP contribution in [-0.2, 0) is 20.7 Å². The number of H-pyrrole nitrogens is 1. The zero-order valence-corrected chi connectivity index (χ0v) is 14.4. The number of carbonyl (C=O) groups is 2. The number of ether oxygens (including phenoxy) is 1. The SMILES string of the molecule is C=C(C)CN(CC)C(=O)CSc1nc(CC(=O)OC)cc(=O)[nH]1. The number of hydrogen-bond acceptors (Lipinski definition) is 6. The molecule has 1 N–H and O–H groups in total. The molecular formula is C15H21N3O4S. The first-order chi connectivity index (χ1) is 10.8. The van der Waals surface area contributed by atoms with Gasteiger partial charge in [0.05, 0.1) is 25.0 Å². The molecule has 8 heteroatoms. The Kier molecular flexibility index (Phi) is 7.53. The molecule has 0 unspecified atom stereocenters. The Bertz CT molecular complexity index is 642. The third-order valence-electron chi connectivity index (χ3n) is 2.85. The standard InChI is InChI=1S/C15H21N3O4S/c1-5-18(8-10(2)3)13(20)9-23-15-16-11(6-12(19)17-15)7-14(21)22-4/h6H,2,5,7-9H2,1,3-4H3,(H,16,17,19). The number of amides is 1. The van der Waals surface area contributed by atoms with Gasteiger partial charge in [0.25, 0.3) is 5.56 Å². The minimum atomic E-state index is -0.478. The van der Waals surface area contributed by atoms with Crippen molar-refractivity contribution in [1.82, 2.24) is 14.9 Å². The van der Waals surface area contributed by atoms with E-state index in [0.29, 0.717) is 23.9 Å². The van der Waals surface area contributed by atoms with Gasteiger partial charge in [-0.1, -0.05) is 23.9 Å². The third kappa shape index (κ3) is 6.68. The number of carbonyl (C=O) groups excluding carboxylic acids is 2. The highest BCUT2D eigenvalue weighted by Crippen LogP contribution is 2.13. The second kappa shape index (κ2) is 9.14. The van der Waals surface area contributed by atoms with Gasteiger partial charge in [-0.2, -0.15) is 0 Å². The van der Waals surface area contributed by atoms with Gasteiger partial charge in [0.1, 0.15) is 0 Å². The van der Waals surface area contributed by atoms with Crippen molar-refractivity contribution in [2.24, 2.45) is 0 Å². The van der Waals surface area contributed by atoms with Crippen molar-refractivity contribution >= 4 is 23.6 Å². The van der Waals surface area contributed by atoms with E-state index in [1.165, 1.54) is 13.2 Å². The molecule has 1 aromatic heterocycles. The maximum absolute atomic E-state index is 12.1. The number of hydrogen-bond donors (Lipinski definition) is 1. The molecule has 1 rings (SSSR count). The third-order valence-corrected chi connectivity index (χ3v) is 3.71. The van der Waals surface area contributed by atoms with Crippen LogP contribution in [0.3, 0.4) is 0 Å². The Labute approximate surface area is 139 Å². The maximum Gasteiger partial charge on any atom is 0.311 e. The smallest absolute Gasteiger partial charge is 0.311 e. The van der Waals surface area contributed by atoms with Crippen LogP contribution in [0.4, 0.5) is 0 Å². The summed E-state index contributed by atoms with van der Waals surface area (Å²) in [6.45, 7) is 8.63. The van der Waals surface area contributed by atoms with Gasteiger partial charge in [0, 0.05) is 19.2 Å². The number of likely N-dealkylation sites (N-methyl/N-ethyl adjacent to an activating group) is 1. The number of aromatic nitrogens is 2. The lowest BCUT2D eigenvalue weighted by atomic mass is 10.3. The van der Waals surface area contributed by atoms with Gasteiger partial charge in [0.2, 0.25) is 5.91 Å². The molecule has 0 aliphatic carbocycles. The van der Waals surface area contributed by atoms with E-state index in [0.717, 1.165) is 17.3 Å². The summed E-state index contributed by atoms with van der Waals surface area (Å²) in [5.74, 6) is -0.401. The van der Waals surface area contributed by atoms with Gasteiger partial charge in [-0.15, -0.1) is 0 Å². The summed E-state index contributed by atoms with van der Waals surface area (Å²) in [5, 5.41) is 0.302. The summed E-state index contributed by atoms with van der Waals surface area (Å²) in [5.41, 5.74) is 0.838. The highest BCUT2D eigenvalue weighted by atomic mass is 32.2. The Morgan fingerprint density at radius 1 is 1.48 bits per heavy atom. The van der Waals surface area contributed by atoms with Crippen molar-refractivity contribution in [3.8, 4) is 0 Å². The topological polar surface area (TPSA) is 92.4 Å². The average Bonchev–Trinajstić information content (AvgIpc) is 2.49. The molecule has 126 valence electrons. The Hall–Kier alpha value is -2.09. The number of nitrogens with zero attached hydrogens (tertiary/aromatic N) is 2. The fraction of sp³-hybridized carbons (Fsp3) is 0.467. The molecule has 23 heavy (non-hydrogen) atoms. The van der Waals surface area contributed by atoms with Gasteiger partial charge < -0.3 is 14.6 Å². The molecule has 0 fully saturated rings. The van der Waals surface area contributed by atoms with Gasteiger partial charge in [0.15, 0.2) is 5.16 Å². The van der Waals surface area contributed by atoms with Gasteiger partial charge in [-0.25, -0.2) is 4.98 Å². The van der Waals surface area contributed by atoms with Crippen molar-refractivity contribution in [3.05, 3.63) is 34.3 Å². The highest BCUT2D eigenvalue weighted by Gasteiger charge is 2.14. The summed E-state index contributed by atoms with van der Waals surface area (Å²) in [6.07, 6.45) is -0.0847. The van der Waals surface area contributed by atoms with Crippen LogP contribution in [0, 0.1) is 0 Å². The number of esters is 1. The lowest BCUT2D eigenvalue weighted by molar-refractivity contribution is -0.139. The zero-order valence-electron chi connectivity index (χ0n) is 13.5. The first-order valence-electron chi connectivity index (χ1n) is 7.07. The van der Waals surface area contributed by atoms with Crippen molar-refractivity contribution in [2.75, 3.05) is 26.0 Å². The quantitative estimate of drug-likeness (QED) is 0.329. The van der Waals surface area contributed by atoms with Crippen LogP contribution in [0.1, 0.15) is 19.5 Å². The molecular weight excluding hydrogens is 318 g/mol. The van der Waals surface area contributed by atoms with Crippen LogP contribution in [0.25, 0.3) is 0 Å². The Balaban J connectivity index is 2.73. The summed E-state index contributed by atoms with van der Waals surface area (Å²) in [7, 11) is 1.27. The predicted octanol–water partition coefficient (Wildman–Crippen LogP) is 1.00. The molecule has 1 aromatic rings. The summed E-state index contributed by atoms with van der Waals surface area (Å²) in [4.78, 5) is 43.4. The van der Waals surface area contributed by atoms with Crippen LogP contribution < -0.4 is 5.56 Å². The van der Waals surface area contributed by atoms with Crippen molar-refractivity contribution in [3.63, 3.8) is 0 Å². The highest BCUT2D eigenvalue weighted by molar-refractivity contribution is 7.99. The first kappa shape index (κ1) is 19.0. The van der Waals surface area contributed by atoms with Crippen LogP contribution in [0.15, 0.2) is 28.2 Å². The molecule has 0 bridgehead atoms. The van der Waals surface area contributed by atoms with E-state index >= 15 is 0 Å². The minimum Gasteiger partial charge on any atom is -0.469 e. The molecule has 0 atom stereocenters. The van der Waals surface area contributed by atoms with E-state index in [1.807, 2.05) is 13.8 Å². The molecule has 0 aliphatic heterocycles. The molecule has 0 saturated heterocycles. The normalized spacial score (nSPS) is 10.2. The van der Waals surface area contributed by atoms with Gasteiger partial charge in [-0.3, -0.25) is 14.4 Å². The first-order valence-corrected chi connectivity index (χ1v) is 8.06. The molecule has 0 aromatic carbocycles. The number of methoxy groups -OCH3 is 1. The van der Waals surface area contributed by atoms with E-state index in [-0.39, 0.29) is 23.6 Å². The lowest BCUT2D eigenvalue weighted by Gasteiger charge is -2.20. The molecule has 0 aliphatic rings. The number of thioether (sulfide) groups is 1. The largest absolute Gasteiger partial charge is 0.469 e. The van der Waals surface area contributed by atoms with Crippen LogP contribution in [-0.4, -0.2) is 52.7 Å². The fourth-order valence-electron chi connectivity index (χ4n) is 1.79. The average molecular weight is 339 g/mol. The van der Waals surface area contributed by atoms with E-state index in [9.17, 15) is 14.4 Å². The zero-order chi connectivity index (χ0) is 17.4. The van der Waals surface area contributed by atoms with E-state index in [2.05, 4.69) is 21.3 Å². The molecule has 0 saturated carbocycles. The second-order valence-corrected chi connectivity index (χ2v) is 5.91. The summed E-state index contributed by atoms with van der Waals surface area (Å²) >= 11 is 1.12. The molecule has 7 nitrogen and oxygen atoms in total. The van der Waals surface area contributed by atoms with Gasteiger partial charge >= 0.3 is 5.97 Å². The van der Waals surface area contributed by atoms with E-state index in [1.54, 1.807) is 4.90 Å². The summed E-state index contributed by atoms with van der Waals surface area (Å²) in [6, 6.07) is 1.24. The van der Waals surface area contributed by atoms with Crippen molar-refractivity contribution in [1.29, 1.82) is 0 Å². The van der Waals surface area contributed by atoms with E-state index < -0.39 is 5.97 Å². The second-order valence-electron chi connectivity index (χ2n) is 4.95. The minimum absolute atomic E-state index is 0.0680. The van der Waals surface area contributed by atoms with Crippen LogP contribution in [0.2, 0.25) is 0 Å². The lowest BCUT2D eigenvalue weighted by Crippen LogP contribution is -2.33. The molecule has 0 spiro atoms. The number of nitrogens with one attached hydrogen (secondary N) is 1. The monoisotopic (exact) mass is 339 g/mol. The number of rotatable bonds is 8.